The Kier molecular flexibility index (Phi) is 8.61. The standard InChI is InChI=1S/C8H15ClO3/c1-2-3-5-11-6-4-7-12-8(9)10/h2-7H2,1H3. The van der Waals surface area contributed by atoms with E-state index in [1.165, 1.54) is 0 Å². The van der Waals surface area contributed by atoms with Crippen molar-refractivity contribution in [1.82, 2.24) is 0 Å². The molecule has 0 atom stereocenters. The Morgan fingerprint density at radius 3 is 2.50 bits per heavy atom. The Balaban J connectivity index is 2.86. The van der Waals surface area contributed by atoms with Crippen LogP contribution in [0.2, 0.25) is 0 Å². The van der Waals surface area contributed by atoms with E-state index in [1.807, 2.05) is 0 Å². The van der Waals surface area contributed by atoms with E-state index in [-0.39, 0.29) is 0 Å². The van der Waals surface area contributed by atoms with E-state index < -0.39 is 5.43 Å². The molecule has 0 N–H and O–H groups in total. The second kappa shape index (κ2) is 8.81. The Bertz CT molecular complexity index is 117. The van der Waals surface area contributed by atoms with Gasteiger partial charge in [0.05, 0.1) is 6.61 Å². The van der Waals surface area contributed by atoms with E-state index in [0.717, 1.165) is 19.4 Å². The number of carbonyl (C=O) groups excluding carboxylic acids is 1. The van der Waals surface area contributed by atoms with Gasteiger partial charge in [-0.3, -0.25) is 0 Å². The third kappa shape index (κ3) is 9.72. The quantitative estimate of drug-likeness (QED) is 0.462. The maximum atomic E-state index is 10.1. The zero-order chi connectivity index (χ0) is 9.23. The van der Waals surface area contributed by atoms with Gasteiger partial charge in [-0.25, -0.2) is 4.79 Å². The first-order valence-electron chi connectivity index (χ1n) is 4.17. The fraction of sp³-hybridized carbons (Fsp3) is 0.875. The predicted molar refractivity (Wildman–Crippen MR) is 47.5 cm³/mol. The molecule has 0 heterocycles. The second-order valence-corrected chi connectivity index (χ2v) is 2.71. The summed E-state index contributed by atoms with van der Waals surface area (Å²) in [6, 6.07) is 0. The van der Waals surface area contributed by atoms with Crippen molar-refractivity contribution >= 4 is 17.0 Å². The summed E-state index contributed by atoms with van der Waals surface area (Å²) in [7, 11) is 0. The van der Waals surface area contributed by atoms with Crippen molar-refractivity contribution in [3.63, 3.8) is 0 Å². The SMILES string of the molecule is CCCCOCCCOC(=O)Cl. The maximum absolute atomic E-state index is 10.1. The first kappa shape index (κ1) is 11.7. The fourth-order valence-electron chi connectivity index (χ4n) is 0.662. The lowest BCUT2D eigenvalue weighted by molar-refractivity contribution is 0.107. The molecule has 0 saturated heterocycles. The van der Waals surface area contributed by atoms with Crippen LogP contribution >= 0.6 is 11.6 Å². The number of ether oxygens (including phenoxy) is 2. The number of unbranched alkanes of at least 4 members (excludes halogenated alkanes) is 1. The molecule has 0 amide bonds. The molecule has 12 heavy (non-hydrogen) atoms. The molecule has 4 heteroatoms. The highest BCUT2D eigenvalue weighted by molar-refractivity contribution is 6.61. The molecule has 0 bridgehead atoms. The third-order valence-electron chi connectivity index (χ3n) is 1.29. The monoisotopic (exact) mass is 194 g/mol. The average molecular weight is 195 g/mol. The molecule has 0 aromatic carbocycles. The first-order chi connectivity index (χ1) is 5.77. The summed E-state index contributed by atoms with van der Waals surface area (Å²) in [5.74, 6) is 0. The smallest absolute Gasteiger partial charge is 0.403 e. The maximum Gasteiger partial charge on any atom is 0.403 e. The minimum atomic E-state index is -0.747. The van der Waals surface area contributed by atoms with Gasteiger partial charge in [0.25, 0.3) is 0 Å². The molecule has 0 unspecified atom stereocenters. The predicted octanol–water partition coefficient (Wildman–Crippen LogP) is 2.57. The zero-order valence-corrected chi connectivity index (χ0v) is 8.10. The molecular weight excluding hydrogens is 180 g/mol. The van der Waals surface area contributed by atoms with Gasteiger partial charge in [-0.2, -0.15) is 0 Å². The Hall–Kier alpha value is -0.280. The molecule has 0 aromatic rings. The number of carbonyl (C=O) groups is 1. The highest BCUT2D eigenvalue weighted by Crippen LogP contribution is 1.92. The van der Waals surface area contributed by atoms with Gasteiger partial charge < -0.3 is 9.47 Å². The molecule has 0 radical (unpaired) electrons. The van der Waals surface area contributed by atoms with Gasteiger partial charge in [0, 0.05) is 31.2 Å². The highest BCUT2D eigenvalue weighted by Gasteiger charge is 1.94. The topological polar surface area (TPSA) is 35.5 Å². The van der Waals surface area contributed by atoms with Gasteiger partial charge in [-0.15, -0.1) is 0 Å². The largest absolute Gasteiger partial charge is 0.454 e. The lowest BCUT2D eigenvalue weighted by atomic mass is 10.4. The van der Waals surface area contributed by atoms with Crippen molar-refractivity contribution in [2.75, 3.05) is 19.8 Å². The van der Waals surface area contributed by atoms with Gasteiger partial charge in [0.2, 0.25) is 0 Å². The van der Waals surface area contributed by atoms with Crippen molar-refractivity contribution in [1.29, 1.82) is 0 Å². The van der Waals surface area contributed by atoms with E-state index in [9.17, 15) is 4.79 Å². The molecule has 3 nitrogen and oxygen atoms in total. The zero-order valence-electron chi connectivity index (χ0n) is 7.35. The van der Waals surface area contributed by atoms with E-state index in [2.05, 4.69) is 11.7 Å². The molecule has 0 spiro atoms. The van der Waals surface area contributed by atoms with Crippen LogP contribution in [0.15, 0.2) is 0 Å². The van der Waals surface area contributed by atoms with Crippen molar-refractivity contribution in [3.8, 4) is 0 Å². The Labute approximate surface area is 78.0 Å². The molecule has 0 rings (SSSR count). The molecular formula is C8H15ClO3. The summed E-state index contributed by atoms with van der Waals surface area (Å²) in [6.07, 6.45) is 2.92. The first-order valence-corrected chi connectivity index (χ1v) is 4.55. The van der Waals surface area contributed by atoms with Crippen LogP contribution in [0.5, 0.6) is 0 Å². The lowest BCUT2D eigenvalue weighted by Gasteiger charge is -2.02. The number of rotatable bonds is 7. The van der Waals surface area contributed by atoms with Gasteiger partial charge in [0.15, 0.2) is 0 Å². The fourth-order valence-corrected chi connectivity index (χ4v) is 0.739. The number of halogens is 1. The summed E-state index contributed by atoms with van der Waals surface area (Å²) in [4.78, 5) is 10.1. The molecule has 0 saturated carbocycles. The Morgan fingerprint density at radius 2 is 1.92 bits per heavy atom. The van der Waals surface area contributed by atoms with Crippen LogP contribution < -0.4 is 0 Å². The molecule has 0 fully saturated rings. The second-order valence-electron chi connectivity index (χ2n) is 2.41. The minimum Gasteiger partial charge on any atom is -0.454 e. The summed E-state index contributed by atoms with van der Waals surface area (Å²) in [6.45, 7) is 3.86. The van der Waals surface area contributed by atoms with Gasteiger partial charge in [-0.1, -0.05) is 13.3 Å². The normalized spacial score (nSPS) is 9.83. The molecule has 0 aliphatic carbocycles. The molecule has 0 aliphatic rings. The summed E-state index contributed by atoms with van der Waals surface area (Å²) >= 11 is 4.94. The summed E-state index contributed by atoms with van der Waals surface area (Å²) in [5, 5.41) is 0. The van der Waals surface area contributed by atoms with Crippen molar-refractivity contribution in [2.45, 2.75) is 26.2 Å². The lowest BCUT2D eigenvalue weighted by Crippen LogP contribution is -2.02. The summed E-state index contributed by atoms with van der Waals surface area (Å²) < 4.78 is 9.72. The van der Waals surface area contributed by atoms with Gasteiger partial charge >= 0.3 is 5.43 Å². The van der Waals surface area contributed by atoms with Gasteiger partial charge in [0.1, 0.15) is 0 Å². The van der Waals surface area contributed by atoms with Crippen molar-refractivity contribution in [3.05, 3.63) is 0 Å². The minimum absolute atomic E-state index is 0.342. The number of hydrogen-bond acceptors (Lipinski definition) is 3. The number of hydrogen-bond donors (Lipinski definition) is 0. The third-order valence-corrected chi connectivity index (χ3v) is 1.40. The van der Waals surface area contributed by atoms with E-state index in [1.54, 1.807) is 0 Å². The summed E-state index contributed by atoms with van der Waals surface area (Å²) in [5.41, 5.74) is -0.747. The van der Waals surface area contributed by atoms with Crippen LogP contribution in [0.25, 0.3) is 0 Å². The van der Waals surface area contributed by atoms with Crippen LogP contribution in [-0.4, -0.2) is 25.2 Å². The van der Waals surface area contributed by atoms with Crippen LogP contribution in [0.1, 0.15) is 26.2 Å². The Morgan fingerprint density at radius 1 is 1.25 bits per heavy atom. The molecule has 0 aliphatic heterocycles. The van der Waals surface area contributed by atoms with Crippen LogP contribution in [-0.2, 0) is 9.47 Å². The molecule has 72 valence electrons. The van der Waals surface area contributed by atoms with E-state index >= 15 is 0 Å². The highest BCUT2D eigenvalue weighted by atomic mass is 35.5. The van der Waals surface area contributed by atoms with Crippen LogP contribution in [0.3, 0.4) is 0 Å². The van der Waals surface area contributed by atoms with Crippen molar-refractivity contribution < 1.29 is 14.3 Å². The van der Waals surface area contributed by atoms with E-state index in [0.29, 0.717) is 19.6 Å². The van der Waals surface area contributed by atoms with Crippen LogP contribution in [0.4, 0.5) is 4.79 Å². The van der Waals surface area contributed by atoms with E-state index in [4.69, 9.17) is 16.3 Å². The van der Waals surface area contributed by atoms with Crippen molar-refractivity contribution in [2.24, 2.45) is 0 Å². The molecule has 0 aromatic heterocycles. The average Bonchev–Trinajstić information content (AvgIpc) is 2.02. The van der Waals surface area contributed by atoms with Gasteiger partial charge in [-0.05, 0) is 6.42 Å². The van der Waals surface area contributed by atoms with Crippen LogP contribution in [0, 0.1) is 0 Å².